The van der Waals surface area contributed by atoms with Crippen LogP contribution in [0.4, 0.5) is 0 Å². The van der Waals surface area contributed by atoms with Crippen LogP contribution in [0.5, 0.6) is 0 Å². The predicted molar refractivity (Wildman–Crippen MR) is 92.4 cm³/mol. The van der Waals surface area contributed by atoms with Crippen LogP contribution in [0.1, 0.15) is 53.5 Å². The lowest BCUT2D eigenvalue weighted by Crippen LogP contribution is -2.43. The van der Waals surface area contributed by atoms with E-state index in [0.717, 1.165) is 19.4 Å². The summed E-state index contributed by atoms with van der Waals surface area (Å²) < 4.78 is 0. The van der Waals surface area contributed by atoms with Gasteiger partial charge in [-0.2, -0.15) is 0 Å². The number of nitrogens with zero attached hydrogens (tertiary/aromatic N) is 3. The first-order valence-electron chi connectivity index (χ1n) is 8.67. The number of carbonyl (C=O) groups is 3. The maximum atomic E-state index is 12.5. The highest BCUT2D eigenvalue weighted by atomic mass is 16.4. The first-order chi connectivity index (χ1) is 11.9. The molecule has 1 fully saturated rings. The maximum Gasteiger partial charge on any atom is 0.354 e. The van der Waals surface area contributed by atoms with E-state index in [2.05, 4.69) is 11.9 Å². The average molecular weight is 347 g/mol. The quantitative estimate of drug-likeness (QED) is 0.848. The first kappa shape index (κ1) is 18.9. The highest BCUT2D eigenvalue weighted by Gasteiger charge is 2.29. The van der Waals surface area contributed by atoms with Crippen molar-refractivity contribution in [3.05, 3.63) is 29.6 Å². The Morgan fingerprint density at radius 1 is 1.28 bits per heavy atom. The summed E-state index contributed by atoms with van der Waals surface area (Å²) in [4.78, 5) is 43.0. The molecule has 0 saturated carbocycles. The van der Waals surface area contributed by atoms with Crippen LogP contribution < -0.4 is 0 Å². The third-order valence-corrected chi connectivity index (χ3v) is 4.58. The summed E-state index contributed by atoms with van der Waals surface area (Å²) in [6.07, 6.45) is 4.66. The van der Waals surface area contributed by atoms with Gasteiger partial charge in [0.05, 0.1) is 5.56 Å². The van der Waals surface area contributed by atoms with Crippen LogP contribution >= 0.6 is 0 Å². The van der Waals surface area contributed by atoms with Gasteiger partial charge in [-0.1, -0.05) is 13.3 Å². The zero-order valence-electron chi connectivity index (χ0n) is 14.8. The molecule has 2 amide bonds. The third-order valence-electron chi connectivity index (χ3n) is 4.58. The third kappa shape index (κ3) is 4.78. The highest BCUT2D eigenvalue weighted by molar-refractivity contribution is 5.95. The molecule has 0 spiro atoms. The zero-order valence-corrected chi connectivity index (χ0v) is 14.8. The Labute approximate surface area is 147 Å². The van der Waals surface area contributed by atoms with Crippen LogP contribution in [0.15, 0.2) is 18.3 Å². The highest BCUT2D eigenvalue weighted by Crippen LogP contribution is 2.21. The van der Waals surface area contributed by atoms with Gasteiger partial charge in [0.25, 0.3) is 5.91 Å². The Morgan fingerprint density at radius 2 is 1.96 bits per heavy atom. The second-order valence-electron chi connectivity index (χ2n) is 6.42. The molecule has 0 atom stereocenters. The van der Waals surface area contributed by atoms with Crippen molar-refractivity contribution < 1.29 is 19.5 Å². The lowest BCUT2D eigenvalue weighted by atomic mass is 9.95. The molecule has 0 radical (unpaired) electrons. The Kier molecular flexibility index (Phi) is 6.50. The van der Waals surface area contributed by atoms with Crippen molar-refractivity contribution in [2.75, 3.05) is 26.7 Å². The minimum absolute atomic E-state index is 0.0292. The summed E-state index contributed by atoms with van der Waals surface area (Å²) >= 11 is 0. The van der Waals surface area contributed by atoms with Crippen LogP contribution in [-0.4, -0.2) is 64.4 Å². The fraction of sp³-hybridized carbons (Fsp3) is 0.556. The molecule has 2 rings (SSSR count). The van der Waals surface area contributed by atoms with E-state index in [1.807, 2.05) is 7.05 Å². The topological polar surface area (TPSA) is 90.8 Å². The lowest BCUT2D eigenvalue weighted by Gasteiger charge is -2.33. The van der Waals surface area contributed by atoms with Gasteiger partial charge in [0.1, 0.15) is 5.69 Å². The molecule has 136 valence electrons. The number of carboxylic acids is 1. The van der Waals surface area contributed by atoms with E-state index in [0.29, 0.717) is 31.5 Å². The molecular weight excluding hydrogens is 322 g/mol. The number of carboxylic acid groups (broad SMARTS) is 1. The van der Waals surface area contributed by atoms with Crippen LogP contribution in [-0.2, 0) is 4.79 Å². The minimum atomic E-state index is -1.12. The monoisotopic (exact) mass is 347 g/mol. The van der Waals surface area contributed by atoms with Gasteiger partial charge >= 0.3 is 5.97 Å². The summed E-state index contributed by atoms with van der Waals surface area (Å²) in [5, 5.41) is 8.85. The van der Waals surface area contributed by atoms with Gasteiger partial charge in [-0.3, -0.25) is 9.59 Å². The Morgan fingerprint density at radius 3 is 2.48 bits per heavy atom. The van der Waals surface area contributed by atoms with E-state index < -0.39 is 5.97 Å². The normalized spacial score (nSPS) is 15.0. The van der Waals surface area contributed by atoms with E-state index in [4.69, 9.17) is 5.11 Å². The number of aromatic carboxylic acids is 1. The van der Waals surface area contributed by atoms with E-state index in [1.54, 1.807) is 9.80 Å². The van der Waals surface area contributed by atoms with Crippen molar-refractivity contribution in [2.24, 2.45) is 5.92 Å². The molecule has 0 unspecified atom stereocenters. The second-order valence-corrected chi connectivity index (χ2v) is 6.42. The number of unbranched alkanes of at least 4 members (excludes halogenated alkanes) is 1. The molecule has 7 heteroatoms. The Balaban J connectivity index is 1.89. The molecule has 1 aromatic heterocycles. The van der Waals surface area contributed by atoms with Gasteiger partial charge in [-0.25, -0.2) is 9.78 Å². The van der Waals surface area contributed by atoms with Crippen molar-refractivity contribution >= 4 is 17.8 Å². The molecule has 0 bridgehead atoms. The number of likely N-dealkylation sites (tertiary alicyclic amines) is 1. The number of carbonyl (C=O) groups excluding carboxylic acids is 2. The van der Waals surface area contributed by atoms with Crippen molar-refractivity contribution in [1.82, 2.24) is 14.8 Å². The molecule has 0 aliphatic carbocycles. The number of pyridine rings is 1. The van der Waals surface area contributed by atoms with Crippen molar-refractivity contribution in [3.63, 3.8) is 0 Å². The van der Waals surface area contributed by atoms with Crippen molar-refractivity contribution in [2.45, 2.75) is 32.6 Å². The van der Waals surface area contributed by atoms with Crippen LogP contribution in [0.3, 0.4) is 0 Å². The van der Waals surface area contributed by atoms with Crippen molar-refractivity contribution in [1.29, 1.82) is 0 Å². The molecule has 0 aromatic carbocycles. The van der Waals surface area contributed by atoms with Crippen LogP contribution in [0, 0.1) is 5.92 Å². The molecule has 7 nitrogen and oxygen atoms in total. The van der Waals surface area contributed by atoms with Gasteiger partial charge in [0.15, 0.2) is 0 Å². The second kappa shape index (κ2) is 8.60. The van der Waals surface area contributed by atoms with E-state index in [-0.39, 0.29) is 23.4 Å². The maximum absolute atomic E-state index is 12.5. The first-order valence-corrected chi connectivity index (χ1v) is 8.67. The fourth-order valence-corrected chi connectivity index (χ4v) is 2.98. The number of rotatable bonds is 6. The van der Waals surface area contributed by atoms with Gasteiger partial charge in [-0.05, 0) is 31.4 Å². The van der Waals surface area contributed by atoms with E-state index in [1.165, 1.54) is 18.3 Å². The van der Waals surface area contributed by atoms with Crippen LogP contribution in [0.25, 0.3) is 0 Å². The van der Waals surface area contributed by atoms with Gasteiger partial charge in [0, 0.05) is 38.8 Å². The summed E-state index contributed by atoms with van der Waals surface area (Å²) in [6, 6.07) is 2.81. The number of hydrogen-bond donors (Lipinski definition) is 1. The summed E-state index contributed by atoms with van der Waals surface area (Å²) in [7, 11) is 1.84. The molecule has 25 heavy (non-hydrogen) atoms. The molecule has 1 N–H and O–H groups in total. The number of piperidine rings is 1. The largest absolute Gasteiger partial charge is 0.477 e. The number of hydrogen-bond acceptors (Lipinski definition) is 4. The molecule has 1 aliphatic rings. The van der Waals surface area contributed by atoms with Gasteiger partial charge in [0.2, 0.25) is 5.91 Å². The number of amides is 2. The molecular formula is C18H25N3O4. The van der Waals surface area contributed by atoms with E-state index in [9.17, 15) is 14.4 Å². The Hall–Kier alpha value is -2.44. The van der Waals surface area contributed by atoms with Crippen LogP contribution in [0.2, 0.25) is 0 Å². The summed E-state index contributed by atoms with van der Waals surface area (Å²) in [5.41, 5.74) is 0.283. The summed E-state index contributed by atoms with van der Waals surface area (Å²) in [6.45, 7) is 3.92. The standard InChI is InChI=1S/C18H25N3O4/c1-3-4-9-20(2)16(22)13-7-10-21(11-8-13)17(23)14-5-6-15(18(24)25)19-12-14/h5-6,12-13H,3-4,7-11H2,1-2H3,(H,24,25). The van der Waals surface area contributed by atoms with Gasteiger partial charge in [-0.15, -0.1) is 0 Å². The van der Waals surface area contributed by atoms with Gasteiger partial charge < -0.3 is 14.9 Å². The number of aromatic nitrogens is 1. The molecule has 1 aliphatic heterocycles. The average Bonchev–Trinajstić information content (AvgIpc) is 2.65. The summed E-state index contributed by atoms with van der Waals surface area (Å²) in [5.74, 6) is -1.16. The lowest BCUT2D eigenvalue weighted by molar-refractivity contribution is -0.135. The van der Waals surface area contributed by atoms with Crippen molar-refractivity contribution in [3.8, 4) is 0 Å². The molecule has 1 aromatic rings. The Bertz CT molecular complexity index is 622. The smallest absolute Gasteiger partial charge is 0.354 e. The minimum Gasteiger partial charge on any atom is -0.477 e. The zero-order chi connectivity index (χ0) is 18.4. The molecule has 1 saturated heterocycles. The predicted octanol–water partition coefficient (Wildman–Crippen LogP) is 1.89. The van der Waals surface area contributed by atoms with E-state index >= 15 is 0 Å². The molecule has 2 heterocycles. The fourth-order valence-electron chi connectivity index (χ4n) is 2.98. The SMILES string of the molecule is CCCCN(C)C(=O)C1CCN(C(=O)c2ccc(C(=O)O)nc2)CC1.